The molecule has 23 heavy (non-hydrogen) atoms. The second kappa shape index (κ2) is 6.76. The van der Waals surface area contributed by atoms with Gasteiger partial charge in [-0.15, -0.1) is 10.2 Å². The van der Waals surface area contributed by atoms with Gasteiger partial charge in [-0.25, -0.2) is 4.79 Å². The molecule has 126 valence electrons. The van der Waals surface area contributed by atoms with Crippen molar-refractivity contribution in [3.63, 3.8) is 0 Å². The van der Waals surface area contributed by atoms with Crippen LogP contribution in [0.2, 0.25) is 0 Å². The summed E-state index contributed by atoms with van der Waals surface area (Å²) in [5.74, 6) is 0.266. The Morgan fingerprint density at radius 3 is 2.35 bits per heavy atom. The van der Waals surface area contributed by atoms with Crippen LogP contribution in [0.1, 0.15) is 32.0 Å². The van der Waals surface area contributed by atoms with E-state index in [2.05, 4.69) is 10.2 Å². The van der Waals surface area contributed by atoms with Gasteiger partial charge in [0.05, 0.1) is 13.0 Å². The third-order valence-electron chi connectivity index (χ3n) is 3.91. The maximum atomic E-state index is 12.4. The highest BCUT2D eigenvalue weighted by atomic mass is 16.4. The number of likely N-dealkylation sites (N-methyl/N-ethyl adjacent to an activating group) is 2. The summed E-state index contributed by atoms with van der Waals surface area (Å²) in [5, 5.41) is 7.75. The molecule has 2 heterocycles. The van der Waals surface area contributed by atoms with Crippen molar-refractivity contribution in [2.24, 2.45) is 0 Å². The number of nitrogens with zero attached hydrogens (tertiary/aromatic N) is 5. The summed E-state index contributed by atoms with van der Waals surface area (Å²) in [4.78, 5) is 40.1. The average Bonchev–Trinajstić information content (AvgIpc) is 3.08. The predicted molar refractivity (Wildman–Crippen MR) is 79.1 cm³/mol. The minimum atomic E-state index is -0.761. The van der Waals surface area contributed by atoms with Gasteiger partial charge in [0.2, 0.25) is 17.7 Å². The summed E-state index contributed by atoms with van der Waals surface area (Å²) >= 11 is 0. The highest BCUT2D eigenvalue weighted by Crippen LogP contribution is 2.18. The lowest BCUT2D eigenvalue weighted by atomic mass is 10.1. The zero-order chi connectivity index (χ0) is 17.1. The monoisotopic (exact) mass is 323 g/mol. The van der Waals surface area contributed by atoms with E-state index in [-0.39, 0.29) is 24.8 Å². The van der Waals surface area contributed by atoms with Gasteiger partial charge in [0.1, 0.15) is 6.04 Å². The van der Waals surface area contributed by atoms with Gasteiger partial charge < -0.3 is 14.2 Å². The van der Waals surface area contributed by atoms with Crippen LogP contribution in [0.5, 0.6) is 0 Å². The first-order valence-corrected chi connectivity index (χ1v) is 7.52. The van der Waals surface area contributed by atoms with Gasteiger partial charge in [-0.1, -0.05) is 6.92 Å². The summed E-state index contributed by atoms with van der Waals surface area (Å²) in [6.07, 6.45) is 0.566. The number of hydrogen-bond acceptors (Lipinski definition) is 6. The Balaban J connectivity index is 2.02. The molecule has 9 nitrogen and oxygen atoms in total. The zero-order valence-electron chi connectivity index (χ0n) is 13.8. The number of aromatic nitrogens is 2. The van der Waals surface area contributed by atoms with E-state index in [1.807, 2.05) is 13.8 Å². The van der Waals surface area contributed by atoms with Gasteiger partial charge >= 0.3 is 6.03 Å². The Bertz CT molecular complexity index is 614. The van der Waals surface area contributed by atoms with Crippen LogP contribution in [0, 0.1) is 0 Å². The van der Waals surface area contributed by atoms with E-state index in [0.717, 1.165) is 4.90 Å². The SMILES string of the molecule is CCc1nnc(CN(CC)C(=O)C[C@H]2C(=O)N(C)C(=O)N2C)o1. The normalized spacial score (nSPS) is 18.0. The lowest BCUT2D eigenvalue weighted by Crippen LogP contribution is -2.39. The van der Waals surface area contributed by atoms with E-state index in [1.54, 1.807) is 0 Å². The molecule has 0 spiro atoms. The predicted octanol–water partition coefficient (Wildman–Crippen LogP) is 0.263. The number of urea groups is 1. The molecule has 1 atom stereocenters. The van der Waals surface area contributed by atoms with E-state index in [1.165, 1.54) is 23.9 Å². The number of hydrogen-bond donors (Lipinski definition) is 0. The molecule has 1 saturated heterocycles. The van der Waals surface area contributed by atoms with Gasteiger partial charge in [-0.3, -0.25) is 14.5 Å². The van der Waals surface area contributed by atoms with Crippen LogP contribution in [0.3, 0.4) is 0 Å². The van der Waals surface area contributed by atoms with Crippen molar-refractivity contribution in [1.82, 2.24) is 24.9 Å². The van der Waals surface area contributed by atoms with Crippen molar-refractivity contribution in [2.45, 2.75) is 39.3 Å². The number of amides is 4. The second-order valence-corrected chi connectivity index (χ2v) is 5.36. The number of imide groups is 1. The molecule has 4 amide bonds. The van der Waals surface area contributed by atoms with E-state index in [9.17, 15) is 14.4 Å². The van der Waals surface area contributed by atoms with Crippen LogP contribution in [0.15, 0.2) is 4.42 Å². The van der Waals surface area contributed by atoms with Crippen LogP contribution in [-0.2, 0) is 22.6 Å². The van der Waals surface area contributed by atoms with Crippen molar-refractivity contribution >= 4 is 17.8 Å². The first-order chi connectivity index (χ1) is 10.9. The molecule has 1 aliphatic heterocycles. The highest BCUT2D eigenvalue weighted by molar-refractivity contribution is 6.05. The highest BCUT2D eigenvalue weighted by Gasteiger charge is 2.42. The Morgan fingerprint density at radius 1 is 1.22 bits per heavy atom. The first kappa shape index (κ1) is 16.9. The van der Waals surface area contributed by atoms with Crippen LogP contribution in [0.25, 0.3) is 0 Å². The van der Waals surface area contributed by atoms with E-state index in [4.69, 9.17) is 4.42 Å². The molecule has 1 aromatic rings. The second-order valence-electron chi connectivity index (χ2n) is 5.36. The van der Waals surface area contributed by atoms with Crippen LogP contribution >= 0.6 is 0 Å². The number of aryl methyl sites for hydroxylation is 1. The summed E-state index contributed by atoms with van der Waals surface area (Å²) in [6, 6.07) is -1.16. The largest absolute Gasteiger partial charge is 0.423 e. The van der Waals surface area contributed by atoms with Gasteiger partial charge in [-0.05, 0) is 6.92 Å². The van der Waals surface area contributed by atoms with Crippen molar-refractivity contribution < 1.29 is 18.8 Å². The third-order valence-corrected chi connectivity index (χ3v) is 3.91. The fourth-order valence-electron chi connectivity index (χ4n) is 2.41. The van der Waals surface area contributed by atoms with Crippen molar-refractivity contribution in [3.8, 4) is 0 Å². The van der Waals surface area contributed by atoms with Crippen molar-refractivity contribution in [2.75, 3.05) is 20.6 Å². The van der Waals surface area contributed by atoms with Crippen LogP contribution < -0.4 is 0 Å². The Labute approximate surface area is 134 Å². The van der Waals surface area contributed by atoms with Gasteiger partial charge in [0.15, 0.2) is 0 Å². The molecule has 1 fully saturated rings. The molecule has 1 aliphatic rings. The molecule has 0 aliphatic carbocycles. The lowest BCUT2D eigenvalue weighted by Gasteiger charge is -2.22. The molecule has 2 rings (SSSR count). The number of carbonyl (C=O) groups excluding carboxylic acids is 3. The molecule has 9 heteroatoms. The molecule has 1 aromatic heterocycles. The standard InChI is InChI=1S/C14H21N5O4/c1-5-10-15-16-11(23-10)8-19(6-2)12(20)7-9-13(21)18(4)14(22)17(9)3/h9H,5-8H2,1-4H3/t9-/m0/s1. The van der Waals surface area contributed by atoms with Crippen molar-refractivity contribution in [1.29, 1.82) is 0 Å². The lowest BCUT2D eigenvalue weighted by molar-refractivity contribution is -0.136. The summed E-state index contributed by atoms with van der Waals surface area (Å²) in [5.41, 5.74) is 0. The molecule has 0 saturated carbocycles. The summed E-state index contributed by atoms with van der Waals surface area (Å²) in [7, 11) is 2.93. The number of carbonyl (C=O) groups is 3. The molecule has 0 radical (unpaired) electrons. The Kier molecular flexibility index (Phi) is 4.97. The van der Waals surface area contributed by atoms with E-state index < -0.39 is 12.1 Å². The van der Waals surface area contributed by atoms with Crippen molar-refractivity contribution in [3.05, 3.63) is 11.8 Å². The summed E-state index contributed by atoms with van der Waals surface area (Å²) in [6.45, 7) is 4.36. The number of rotatable bonds is 6. The average molecular weight is 323 g/mol. The molecule has 0 bridgehead atoms. The maximum Gasteiger partial charge on any atom is 0.326 e. The first-order valence-electron chi connectivity index (χ1n) is 7.52. The van der Waals surface area contributed by atoms with Crippen LogP contribution in [0.4, 0.5) is 4.79 Å². The molecule has 0 N–H and O–H groups in total. The minimum Gasteiger partial charge on any atom is -0.423 e. The molecular formula is C14H21N5O4. The van der Waals surface area contributed by atoms with Crippen LogP contribution in [-0.4, -0.2) is 69.4 Å². The summed E-state index contributed by atoms with van der Waals surface area (Å²) < 4.78 is 5.41. The Hall–Kier alpha value is -2.45. The molecule has 0 aromatic carbocycles. The Morgan fingerprint density at radius 2 is 1.87 bits per heavy atom. The van der Waals surface area contributed by atoms with Gasteiger partial charge in [0, 0.05) is 27.1 Å². The van der Waals surface area contributed by atoms with Gasteiger partial charge in [0.25, 0.3) is 5.91 Å². The fraction of sp³-hybridized carbons (Fsp3) is 0.643. The smallest absolute Gasteiger partial charge is 0.326 e. The maximum absolute atomic E-state index is 12.4. The zero-order valence-corrected chi connectivity index (χ0v) is 13.8. The molecular weight excluding hydrogens is 302 g/mol. The van der Waals surface area contributed by atoms with Gasteiger partial charge in [-0.2, -0.15) is 0 Å². The third kappa shape index (κ3) is 3.33. The van der Waals surface area contributed by atoms with E-state index in [0.29, 0.717) is 24.7 Å². The quantitative estimate of drug-likeness (QED) is 0.696. The minimum absolute atomic E-state index is 0.0615. The molecule has 0 unspecified atom stereocenters. The van der Waals surface area contributed by atoms with E-state index >= 15 is 0 Å². The fourth-order valence-corrected chi connectivity index (χ4v) is 2.41. The topological polar surface area (TPSA) is 99.8 Å².